The van der Waals surface area contributed by atoms with Gasteiger partial charge in [-0.2, -0.15) is 0 Å². The van der Waals surface area contributed by atoms with Gasteiger partial charge < -0.3 is 0 Å². The summed E-state index contributed by atoms with van der Waals surface area (Å²) >= 11 is 0. The van der Waals surface area contributed by atoms with Crippen LogP contribution in [-0.2, 0) is 0 Å². The Morgan fingerprint density at radius 1 is 0.826 bits per heavy atom. The van der Waals surface area contributed by atoms with Crippen LogP contribution in [0.15, 0.2) is 54.6 Å². The second-order valence-electron chi connectivity index (χ2n) is 6.45. The summed E-state index contributed by atoms with van der Waals surface area (Å²) in [4.78, 5) is 15.2. The molecule has 0 unspecified atom stereocenters. The van der Waals surface area contributed by atoms with Crippen LogP contribution in [0.5, 0.6) is 0 Å². The first kappa shape index (κ1) is 14.4. The van der Waals surface area contributed by atoms with Crippen LogP contribution in [0.25, 0.3) is 21.5 Å². The van der Waals surface area contributed by atoms with Crippen LogP contribution < -0.4 is 0 Å². The number of Topliss-reactive ketones (excluding diaryl/α,β-unsaturated/α-hetero) is 1. The number of piperidine rings is 1. The molecule has 0 spiro atoms. The van der Waals surface area contributed by atoms with E-state index < -0.39 is 0 Å². The molecule has 0 aliphatic carbocycles. The molecule has 0 saturated carbocycles. The lowest BCUT2D eigenvalue weighted by Gasteiger charge is -2.25. The van der Waals surface area contributed by atoms with Crippen molar-refractivity contribution < 1.29 is 4.79 Å². The predicted octanol–water partition coefficient (Wildman–Crippen LogP) is 4.66. The molecule has 0 radical (unpaired) electrons. The van der Waals surface area contributed by atoms with E-state index in [0.29, 0.717) is 6.54 Å². The third-order valence-corrected chi connectivity index (χ3v) is 4.88. The molecule has 116 valence electrons. The molecule has 0 amide bonds. The fraction of sp³-hybridized carbons (Fsp3) is 0.286. The van der Waals surface area contributed by atoms with Crippen molar-refractivity contribution in [1.29, 1.82) is 0 Å². The number of hydrogen-bond acceptors (Lipinski definition) is 2. The molecule has 1 saturated heterocycles. The van der Waals surface area contributed by atoms with Gasteiger partial charge in [0.25, 0.3) is 0 Å². The molecule has 2 nitrogen and oxygen atoms in total. The molecule has 4 rings (SSSR count). The molecule has 0 bridgehead atoms. The fourth-order valence-electron chi connectivity index (χ4n) is 3.69. The first-order valence-electron chi connectivity index (χ1n) is 8.49. The highest BCUT2D eigenvalue weighted by molar-refractivity contribution is 6.18. The van der Waals surface area contributed by atoms with E-state index in [9.17, 15) is 4.79 Å². The van der Waals surface area contributed by atoms with Gasteiger partial charge in [0.15, 0.2) is 5.78 Å². The minimum Gasteiger partial charge on any atom is -0.296 e. The van der Waals surface area contributed by atoms with Crippen molar-refractivity contribution in [1.82, 2.24) is 4.90 Å². The molecule has 1 aliphatic heterocycles. The van der Waals surface area contributed by atoms with Gasteiger partial charge in [-0.05, 0) is 53.5 Å². The smallest absolute Gasteiger partial charge is 0.177 e. The summed E-state index contributed by atoms with van der Waals surface area (Å²) in [7, 11) is 0. The number of carbonyl (C=O) groups excluding carboxylic acids is 1. The average molecular weight is 303 g/mol. The molecule has 1 aliphatic rings. The molecule has 2 heteroatoms. The van der Waals surface area contributed by atoms with Crippen molar-refractivity contribution in [3.05, 3.63) is 60.2 Å². The number of ketones is 1. The molecular formula is C21H21NO. The summed E-state index contributed by atoms with van der Waals surface area (Å²) in [5.41, 5.74) is 0.866. The Kier molecular flexibility index (Phi) is 3.84. The summed E-state index contributed by atoms with van der Waals surface area (Å²) in [6.45, 7) is 2.65. The lowest BCUT2D eigenvalue weighted by Crippen LogP contribution is -2.34. The summed E-state index contributed by atoms with van der Waals surface area (Å²) < 4.78 is 0. The van der Waals surface area contributed by atoms with E-state index in [2.05, 4.69) is 41.3 Å². The number of likely N-dealkylation sites (tertiary alicyclic amines) is 1. The van der Waals surface area contributed by atoms with Gasteiger partial charge in [0, 0.05) is 5.56 Å². The van der Waals surface area contributed by atoms with Crippen molar-refractivity contribution in [3.63, 3.8) is 0 Å². The Morgan fingerprint density at radius 3 is 2.26 bits per heavy atom. The van der Waals surface area contributed by atoms with E-state index in [0.717, 1.165) is 29.4 Å². The summed E-state index contributed by atoms with van der Waals surface area (Å²) in [5, 5.41) is 4.62. The van der Waals surface area contributed by atoms with Gasteiger partial charge in [-0.3, -0.25) is 9.69 Å². The van der Waals surface area contributed by atoms with Crippen LogP contribution in [0.3, 0.4) is 0 Å². The van der Waals surface area contributed by atoms with Crippen LogP contribution >= 0.6 is 0 Å². The first-order valence-corrected chi connectivity index (χ1v) is 8.49. The topological polar surface area (TPSA) is 20.3 Å². The van der Waals surface area contributed by atoms with E-state index in [-0.39, 0.29) is 5.78 Å². The zero-order valence-electron chi connectivity index (χ0n) is 13.3. The van der Waals surface area contributed by atoms with E-state index in [1.165, 1.54) is 30.0 Å². The molecular weight excluding hydrogens is 282 g/mol. The molecule has 3 aromatic rings. The van der Waals surface area contributed by atoms with Gasteiger partial charge >= 0.3 is 0 Å². The van der Waals surface area contributed by atoms with Crippen molar-refractivity contribution in [2.75, 3.05) is 19.6 Å². The van der Waals surface area contributed by atoms with Crippen LogP contribution in [-0.4, -0.2) is 30.3 Å². The predicted molar refractivity (Wildman–Crippen MR) is 96.1 cm³/mol. The second-order valence-corrected chi connectivity index (χ2v) is 6.45. The normalized spacial score (nSPS) is 16.0. The highest BCUT2D eigenvalue weighted by Crippen LogP contribution is 2.29. The Morgan fingerprint density at radius 2 is 1.48 bits per heavy atom. The lowest BCUT2D eigenvalue weighted by molar-refractivity contribution is 0.0917. The van der Waals surface area contributed by atoms with Crippen molar-refractivity contribution in [3.8, 4) is 0 Å². The fourth-order valence-corrected chi connectivity index (χ4v) is 3.69. The molecule has 23 heavy (non-hydrogen) atoms. The third-order valence-electron chi connectivity index (χ3n) is 4.88. The van der Waals surface area contributed by atoms with Crippen LogP contribution in [0.4, 0.5) is 0 Å². The van der Waals surface area contributed by atoms with Crippen LogP contribution in [0, 0.1) is 0 Å². The molecule has 0 atom stereocenters. The van der Waals surface area contributed by atoms with Crippen LogP contribution in [0.1, 0.15) is 29.6 Å². The zero-order valence-corrected chi connectivity index (χ0v) is 13.3. The molecule has 3 aromatic carbocycles. The maximum Gasteiger partial charge on any atom is 0.177 e. The molecule has 0 aromatic heterocycles. The van der Waals surface area contributed by atoms with Gasteiger partial charge in [-0.15, -0.1) is 0 Å². The molecule has 1 heterocycles. The van der Waals surface area contributed by atoms with Gasteiger partial charge in [0.1, 0.15) is 0 Å². The van der Waals surface area contributed by atoms with E-state index in [1.54, 1.807) is 0 Å². The summed E-state index contributed by atoms with van der Waals surface area (Å²) in [6.07, 6.45) is 3.72. The van der Waals surface area contributed by atoms with E-state index >= 15 is 0 Å². The maximum atomic E-state index is 12.9. The summed E-state index contributed by atoms with van der Waals surface area (Å²) in [5.74, 6) is 0.244. The van der Waals surface area contributed by atoms with Crippen LogP contribution in [0.2, 0.25) is 0 Å². The van der Waals surface area contributed by atoms with Gasteiger partial charge in [-0.25, -0.2) is 0 Å². The largest absolute Gasteiger partial charge is 0.296 e. The first-order chi connectivity index (χ1) is 11.3. The SMILES string of the molecule is O=C(CN1CCCCC1)c1cc2ccccc2c2ccccc12. The van der Waals surface area contributed by atoms with Gasteiger partial charge in [0.05, 0.1) is 6.54 Å². The Bertz CT molecular complexity index is 862. The molecule has 0 N–H and O–H groups in total. The van der Waals surface area contributed by atoms with Gasteiger partial charge in [-0.1, -0.05) is 55.0 Å². The number of fused-ring (bicyclic) bond motifs is 3. The Balaban J connectivity index is 1.79. The summed E-state index contributed by atoms with van der Waals surface area (Å²) in [6, 6.07) is 18.7. The number of rotatable bonds is 3. The number of benzene rings is 3. The van der Waals surface area contributed by atoms with Crippen molar-refractivity contribution >= 4 is 27.3 Å². The van der Waals surface area contributed by atoms with Gasteiger partial charge in [0.2, 0.25) is 0 Å². The number of nitrogens with zero attached hydrogens (tertiary/aromatic N) is 1. The monoisotopic (exact) mass is 303 g/mol. The number of hydrogen-bond donors (Lipinski definition) is 0. The minimum absolute atomic E-state index is 0.244. The number of carbonyl (C=O) groups is 1. The zero-order chi connectivity index (χ0) is 15.6. The quantitative estimate of drug-likeness (QED) is 0.518. The third kappa shape index (κ3) is 2.75. The average Bonchev–Trinajstić information content (AvgIpc) is 2.62. The standard InChI is InChI=1S/C21H21NO/c23-21(15-22-12-6-1-7-13-22)20-14-16-8-2-3-9-17(16)18-10-4-5-11-19(18)20/h2-5,8-11,14H,1,6-7,12-13,15H2. The highest BCUT2D eigenvalue weighted by Gasteiger charge is 2.17. The Labute approximate surface area is 136 Å². The lowest BCUT2D eigenvalue weighted by atomic mass is 9.95. The van der Waals surface area contributed by atoms with Crippen molar-refractivity contribution in [2.45, 2.75) is 19.3 Å². The van der Waals surface area contributed by atoms with E-state index in [4.69, 9.17) is 0 Å². The Hall–Kier alpha value is -2.19. The maximum absolute atomic E-state index is 12.9. The second kappa shape index (κ2) is 6.13. The van der Waals surface area contributed by atoms with Crippen molar-refractivity contribution in [2.24, 2.45) is 0 Å². The minimum atomic E-state index is 0.244. The highest BCUT2D eigenvalue weighted by atomic mass is 16.1. The van der Waals surface area contributed by atoms with E-state index in [1.807, 2.05) is 18.2 Å². The molecule has 1 fully saturated rings.